The Hall–Kier alpha value is -3.76. The predicted molar refractivity (Wildman–Crippen MR) is 128 cm³/mol. The van der Waals surface area contributed by atoms with Gasteiger partial charge in [-0.05, 0) is 25.8 Å². The molecule has 36 heavy (non-hydrogen) atoms. The highest BCUT2D eigenvalue weighted by atomic mass is 16.5. The summed E-state index contributed by atoms with van der Waals surface area (Å²) in [6.45, 7) is 2.82. The number of nitrogens with one attached hydrogen (secondary N) is 1. The summed E-state index contributed by atoms with van der Waals surface area (Å²) >= 11 is 0. The number of urea groups is 1. The summed E-state index contributed by atoms with van der Waals surface area (Å²) in [5.74, 6) is -0.341. The number of benzene rings is 1. The van der Waals surface area contributed by atoms with E-state index in [1.54, 1.807) is 37.1 Å². The number of hydrogen-bond acceptors (Lipinski definition) is 7. The van der Waals surface area contributed by atoms with Gasteiger partial charge in [0.25, 0.3) is 5.91 Å². The molecule has 3 aliphatic heterocycles. The monoisotopic (exact) mass is 500 g/mol. The van der Waals surface area contributed by atoms with Crippen LogP contribution >= 0.6 is 0 Å². The van der Waals surface area contributed by atoms with E-state index in [0.717, 1.165) is 0 Å². The molecule has 0 bridgehead atoms. The predicted octanol–water partition coefficient (Wildman–Crippen LogP) is 1.30. The summed E-state index contributed by atoms with van der Waals surface area (Å²) in [7, 11) is 4.61. The molecule has 0 aliphatic carbocycles. The Morgan fingerprint density at radius 2 is 1.94 bits per heavy atom. The molecule has 1 aromatic rings. The highest BCUT2D eigenvalue weighted by Gasteiger charge is 2.45. The minimum absolute atomic E-state index is 0.127. The number of carbonyl (C=O) groups excluding carboxylic acids is 4. The second-order valence-electron chi connectivity index (χ2n) is 8.98. The van der Waals surface area contributed by atoms with E-state index in [2.05, 4.69) is 5.32 Å². The lowest BCUT2D eigenvalue weighted by Crippen LogP contribution is -2.47. The first-order valence-corrected chi connectivity index (χ1v) is 12.0. The van der Waals surface area contributed by atoms with Crippen molar-refractivity contribution in [3.05, 3.63) is 35.0 Å². The number of nitrogens with zero attached hydrogens (tertiary/aromatic N) is 3. The Morgan fingerprint density at radius 3 is 2.64 bits per heavy atom. The third-order valence-corrected chi connectivity index (χ3v) is 6.90. The zero-order valence-electron chi connectivity index (χ0n) is 21.0. The van der Waals surface area contributed by atoms with Gasteiger partial charge in [0.2, 0.25) is 5.91 Å². The molecule has 11 nitrogen and oxygen atoms in total. The summed E-state index contributed by atoms with van der Waals surface area (Å²) < 4.78 is 16.1. The average molecular weight is 501 g/mol. The first kappa shape index (κ1) is 25.3. The number of rotatable bonds is 7. The fourth-order valence-corrected chi connectivity index (χ4v) is 5.04. The van der Waals surface area contributed by atoms with Crippen LogP contribution in [0.1, 0.15) is 31.4 Å². The molecule has 1 aromatic carbocycles. The van der Waals surface area contributed by atoms with Crippen LogP contribution in [0.5, 0.6) is 11.5 Å². The second-order valence-corrected chi connectivity index (χ2v) is 8.98. The molecular weight excluding hydrogens is 468 g/mol. The van der Waals surface area contributed by atoms with Gasteiger partial charge in [0.05, 0.1) is 50.6 Å². The lowest BCUT2D eigenvalue weighted by molar-refractivity contribution is -0.152. The van der Waals surface area contributed by atoms with E-state index >= 15 is 0 Å². The Balaban J connectivity index is 1.55. The van der Waals surface area contributed by atoms with E-state index in [9.17, 15) is 19.2 Å². The van der Waals surface area contributed by atoms with Crippen LogP contribution in [-0.4, -0.2) is 92.6 Å². The number of piperidine rings is 1. The number of methoxy groups -OCH3 is 2. The summed E-state index contributed by atoms with van der Waals surface area (Å²) in [5, 5.41) is 2.88. The van der Waals surface area contributed by atoms with Gasteiger partial charge in [-0.3, -0.25) is 19.3 Å². The van der Waals surface area contributed by atoms with Gasteiger partial charge in [-0.2, -0.15) is 0 Å². The molecule has 0 aromatic heterocycles. The highest BCUT2D eigenvalue weighted by Crippen LogP contribution is 2.42. The van der Waals surface area contributed by atoms with Crippen LogP contribution in [0.15, 0.2) is 29.5 Å². The van der Waals surface area contributed by atoms with Crippen molar-refractivity contribution >= 4 is 23.8 Å². The van der Waals surface area contributed by atoms with Crippen molar-refractivity contribution in [2.75, 3.05) is 54.1 Å². The molecule has 4 rings (SSSR count). The highest BCUT2D eigenvalue weighted by molar-refractivity contribution is 6.03. The molecule has 3 heterocycles. The maximum atomic E-state index is 13.6. The third-order valence-electron chi connectivity index (χ3n) is 6.90. The maximum absolute atomic E-state index is 13.6. The number of esters is 1. The van der Waals surface area contributed by atoms with Gasteiger partial charge in [0.1, 0.15) is 6.54 Å². The van der Waals surface area contributed by atoms with E-state index in [4.69, 9.17) is 14.2 Å². The molecular formula is C25H32N4O7. The third kappa shape index (κ3) is 4.57. The molecule has 0 spiro atoms. The van der Waals surface area contributed by atoms with Crippen molar-refractivity contribution in [1.82, 2.24) is 20.0 Å². The minimum atomic E-state index is -0.760. The molecule has 0 unspecified atom stereocenters. The van der Waals surface area contributed by atoms with Crippen molar-refractivity contribution in [3.8, 4) is 11.5 Å². The van der Waals surface area contributed by atoms with Crippen molar-refractivity contribution in [2.45, 2.75) is 25.8 Å². The molecule has 0 saturated carbocycles. The lowest BCUT2D eigenvalue weighted by Gasteiger charge is -2.32. The minimum Gasteiger partial charge on any atom is -0.493 e. The lowest BCUT2D eigenvalue weighted by atomic mass is 9.94. The van der Waals surface area contributed by atoms with E-state index in [-0.39, 0.29) is 49.4 Å². The molecule has 0 radical (unpaired) electrons. The Kier molecular flexibility index (Phi) is 7.37. The van der Waals surface area contributed by atoms with Gasteiger partial charge in [0, 0.05) is 25.7 Å². The standard InChI is InChI=1S/C25H32N4O7/c1-5-36-24(32)15-8-7-11-28(12-15)19(30)14-29-13-17-20(23(29)31)21(26-25(33)27(17)2)16-9-6-10-18(34-3)22(16)35-4/h6,9-10,15,21H,5,7-8,11-14H2,1-4H3,(H,26,33)/t15-,21-/m1/s1. The normalized spacial score (nSPS) is 21.8. The van der Waals surface area contributed by atoms with E-state index in [0.29, 0.717) is 54.3 Å². The topological polar surface area (TPSA) is 118 Å². The molecule has 11 heteroatoms. The SMILES string of the molecule is CCOC(=O)[C@@H]1CCCN(C(=O)CN2CC3=C(C2=O)[C@@H](c2cccc(OC)c2OC)NC(=O)N3C)C1. The number of amides is 4. The van der Waals surface area contributed by atoms with Gasteiger partial charge >= 0.3 is 12.0 Å². The quantitative estimate of drug-likeness (QED) is 0.561. The number of likely N-dealkylation sites (tertiary alicyclic amines) is 1. The number of likely N-dealkylation sites (N-methyl/N-ethyl adjacent to an activating group) is 1. The number of para-hydroxylation sites is 1. The maximum Gasteiger partial charge on any atom is 0.322 e. The zero-order valence-corrected chi connectivity index (χ0v) is 21.0. The molecule has 2 atom stereocenters. The number of hydrogen-bond donors (Lipinski definition) is 1. The van der Waals surface area contributed by atoms with Crippen molar-refractivity contribution in [2.24, 2.45) is 5.92 Å². The van der Waals surface area contributed by atoms with Gasteiger partial charge in [-0.15, -0.1) is 0 Å². The fraction of sp³-hybridized carbons (Fsp3) is 0.520. The Labute approximate surface area is 209 Å². The molecule has 1 N–H and O–H groups in total. The van der Waals surface area contributed by atoms with Crippen molar-refractivity contribution in [3.63, 3.8) is 0 Å². The molecule has 3 aliphatic rings. The number of carbonyl (C=O) groups is 4. The first-order valence-electron chi connectivity index (χ1n) is 12.0. The van der Waals surface area contributed by atoms with Crippen LogP contribution in [0, 0.1) is 5.92 Å². The smallest absolute Gasteiger partial charge is 0.322 e. The Morgan fingerprint density at radius 1 is 1.17 bits per heavy atom. The van der Waals surface area contributed by atoms with Crippen LogP contribution in [0.25, 0.3) is 0 Å². The van der Waals surface area contributed by atoms with Gasteiger partial charge in [-0.1, -0.05) is 12.1 Å². The second kappa shape index (κ2) is 10.5. The fourth-order valence-electron chi connectivity index (χ4n) is 5.04. The average Bonchev–Trinajstić information content (AvgIpc) is 3.21. The molecule has 1 fully saturated rings. The summed E-state index contributed by atoms with van der Waals surface area (Å²) in [6.07, 6.45) is 1.36. The number of ether oxygens (including phenoxy) is 3. The molecule has 1 saturated heterocycles. The summed E-state index contributed by atoms with van der Waals surface area (Å²) in [4.78, 5) is 56.1. The largest absolute Gasteiger partial charge is 0.493 e. The van der Waals surface area contributed by atoms with Crippen LogP contribution in [0.4, 0.5) is 4.79 Å². The van der Waals surface area contributed by atoms with Crippen molar-refractivity contribution in [1.29, 1.82) is 0 Å². The summed E-state index contributed by atoms with van der Waals surface area (Å²) in [6, 6.07) is 4.14. The molecule has 194 valence electrons. The van der Waals surface area contributed by atoms with E-state index in [1.165, 1.54) is 24.0 Å². The summed E-state index contributed by atoms with van der Waals surface area (Å²) in [5.41, 5.74) is 1.51. The first-order chi connectivity index (χ1) is 17.3. The van der Waals surface area contributed by atoms with E-state index in [1.807, 2.05) is 0 Å². The van der Waals surface area contributed by atoms with Gasteiger partial charge < -0.3 is 29.3 Å². The van der Waals surface area contributed by atoms with Crippen LogP contribution in [0.3, 0.4) is 0 Å². The van der Waals surface area contributed by atoms with Crippen molar-refractivity contribution < 1.29 is 33.4 Å². The Bertz CT molecular complexity index is 1100. The van der Waals surface area contributed by atoms with Crippen LogP contribution in [0.2, 0.25) is 0 Å². The van der Waals surface area contributed by atoms with Crippen LogP contribution in [-0.2, 0) is 19.1 Å². The van der Waals surface area contributed by atoms with Crippen LogP contribution < -0.4 is 14.8 Å². The van der Waals surface area contributed by atoms with E-state index < -0.39 is 6.04 Å². The van der Waals surface area contributed by atoms with Gasteiger partial charge in [0.15, 0.2) is 11.5 Å². The molecule has 4 amide bonds. The van der Waals surface area contributed by atoms with Gasteiger partial charge in [-0.25, -0.2) is 4.79 Å². The zero-order chi connectivity index (χ0) is 26.0.